The van der Waals surface area contributed by atoms with Crippen molar-refractivity contribution in [1.29, 1.82) is 0 Å². The van der Waals surface area contributed by atoms with Gasteiger partial charge in [0.15, 0.2) is 0 Å². The predicted octanol–water partition coefficient (Wildman–Crippen LogP) is 2.28. The van der Waals surface area contributed by atoms with Crippen LogP contribution in [0.2, 0.25) is 0 Å². The van der Waals surface area contributed by atoms with Gasteiger partial charge in [0.2, 0.25) is 0 Å². The molecule has 2 rings (SSSR count). The van der Waals surface area contributed by atoms with E-state index < -0.39 is 5.97 Å². The highest BCUT2D eigenvalue weighted by atomic mass is 16.4. The van der Waals surface area contributed by atoms with E-state index in [9.17, 15) is 4.79 Å². The second-order valence-electron chi connectivity index (χ2n) is 4.27. The number of nitrogen functional groups attached to an aromatic ring is 1. The number of aromatic carboxylic acids is 1. The molecular formula is C14H15N3O2. The topological polar surface area (TPSA) is 88.2 Å². The third-order valence-corrected chi connectivity index (χ3v) is 2.89. The number of nitrogens with one attached hydrogen (secondary N) is 1. The first-order valence-corrected chi connectivity index (χ1v) is 5.84. The second kappa shape index (κ2) is 5.39. The number of nitrogens with zero attached hydrogens (tertiary/aromatic N) is 1. The van der Waals surface area contributed by atoms with Crippen LogP contribution in [0, 0.1) is 6.92 Å². The molecule has 0 fully saturated rings. The summed E-state index contributed by atoms with van der Waals surface area (Å²) in [6.07, 6.45) is 3.49. The third-order valence-electron chi connectivity index (χ3n) is 2.89. The first-order valence-electron chi connectivity index (χ1n) is 5.84. The molecule has 0 atom stereocenters. The Bertz CT molecular complexity index is 611. The molecule has 1 aromatic heterocycles. The highest BCUT2D eigenvalue weighted by molar-refractivity contribution is 5.95. The van der Waals surface area contributed by atoms with Gasteiger partial charge < -0.3 is 16.2 Å². The molecule has 5 nitrogen and oxygen atoms in total. The summed E-state index contributed by atoms with van der Waals surface area (Å²) in [7, 11) is 0. The summed E-state index contributed by atoms with van der Waals surface area (Å²) in [6, 6.07) is 6.70. The van der Waals surface area contributed by atoms with Crippen LogP contribution in [-0.4, -0.2) is 16.1 Å². The van der Waals surface area contributed by atoms with Gasteiger partial charge in [-0.15, -0.1) is 0 Å². The third kappa shape index (κ3) is 3.01. The highest BCUT2D eigenvalue weighted by Crippen LogP contribution is 2.20. The van der Waals surface area contributed by atoms with Gasteiger partial charge in [-0.1, -0.05) is 0 Å². The minimum Gasteiger partial charge on any atom is -0.478 e. The first kappa shape index (κ1) is 12.9. The van der Waals surface area contributed by atoms with E-state index in [4.69, 9.17) is 10.8 Å². The lowest BCUT2D eigenvalue weighted by Gasteiger charge is -2.11. The SMILES string of the molecule is Cc1ccncc1CNc1ccc(N)cc1C(=O)O. The van der Waals surface area contributed by atoms with Crippen molar-refractivity contribution in [3.8, 4) is 0 Å². The van der Waals surface area contributed by atoms with Crippen LogP contribution in [0.5, 0.6) is 0 Å². The van der Waals surface area contributed by atoms with Crippen molar-refractivity contribution >= 4 is 17.3 Å². The summed E-state index contributed by atoms with van der Waals surface area (Å²) >= 11 is 0. The average Bonchev–Trinajstić information content (AvgIpc) is 2.38. The van der Waals surface area contributed by atoms with Crippen molar-refractivity contribution in [3.63, 3.8) is 0 Å². The summed E-state index contributed by atoms with van der Waals surface area (Å²) in [4.78, 5) is 15.2. The maximum atomic E-state index is 11.1. The number of benzene rings is 1. The van der Waals surface area contributed by atoms with Crippen molar-refractivity contribution in [1.82, 2.24) is 4.98 Å². The first-order chi connectivity index (χ1) is 9.08. The number of rotatable bonds is 4. The summed E-state index contributed by atoms with van der Waals surface area (Å²) in [6.45, 7) is 2.50. The fraction of sp³-hybridized carbons (Fsp3) is 0.143. The van der Waals surface area contributed by atoms with Gasteiger partial charge in [-0.05, 0) is 42.3 Å². The zero-order valence-corrected chi connectivity index (χ0v) is 10.6. The Labute approximate surface area is 111 Å². The molecule has 0 saturated heterocycles. The van der Waals surface area contributed by atoms with Crippen LogP contribution >= 0.6 is 0 Å². The Morgan fingerprint density at radius 1 is 1.42 bits per heavy atom. The molecule has 1 aromatic carbocycles. The van der Waals surface area contributed by atoms with E-state index in [1.165, 1.54) is 6.07 Å². The van der Waals surface area contributed by atoms with Gasteiger partial charge in [-0.2, -0.15) is 0 Å². The van der Waals surface area contributed by atoms with Gasteiger partial charge in [0, 0.05) is 30.3 Å². The Morgan fingerprint density at radius 3 is 2.89 bits per heavy atom. The van der Waals surface area contributed by atoms with E-state index in [1.54, 1.807) is 24.5 Å². The molecule has 98 valence electrons. The number of carboxylic acid groups (broad SMARTS) is 1. The van der Waals surface area contributed by atoms with Crippen LogP contribution in [-0.2, 0) is 6.54 Å². The Hall–Kier alpha value is -2.56. The van der Waals surface area contributed by atoms with Gasteiger partial charge in [0.25, 0.3) is 0 Å². The summed E-state index contributed by atoms with van der Waals surface area (Å²) in [5.74, 6) is -1.00. The number of aromatic nitrogens is 1. The van der Waals surface area contributed by atoms with Crippen LogP contribution in [0.15, 0.2) is 36.7 Å². The normalized spacial score (nSPS) is 10.2. The Balaban J connectivity index is 2.20. The predicted molar refractivity (Wildman–Crippen MR) is 74.1 cm³/mol. The van der Waals surface area contributed by atoms with Crippen molar-refractivity contribution in [2.75, 3.05) is 11.1 Å². The molecule has 0 bridgehead atoms. The number of carboxylic acids is 1. The van der Waals surface area contributed by atoms with Crippen LogP contribution in [0.4, 0.5) is 11.4 Å². The maximum absolute atomic E-state index is 11.1. The molecule has 0 radical (unpaired) electrons. The van der Waals surface area contributed by atoms with Crippen LogP contribution in [0.25, 0.3) is 0 Å². The number of pyridine rings is 1. The number of nitrogens with two attached hydrogens (primary N) is 1. The number of hydrogen-bond acceptors (Lipinski definition) is 4. The monoisotopic (exact) mass is 257 g/mol. The minimum atomic E-state index is -1.00. The molecule has 0 saturated carbocycles. The highest BCUT2D eigenvalue weighted by Gasteiger charge is 2.10. The van der Waals surface area contributed by atoms with Crippen LogP contribution in [0.1, 0.15) is 21.5 Å². The van der Waals surface area contributed by atoms with Crippen LogP contribution in [0.3, 0.4) is 0 Å². The van der Waals surface area contributed by atoms with E-state index in [-0.39, 0.29) is 5.56 Å². The number of hydrogen-bond donors (Lipinski definition) is 3. The van der Waals surface area contributed by atoms with Gasteiger partial charge >= 0.3 is 5.97 Å². The van der Waals surface area contributed by atoms with E-state index in [1.807, 2.05) is 13.0 Å². The molecule has 4 N–H and O–H groups in total. The molecule has 0 unspecified atom stereocenters. The molecule has 0 spiro atoms. The smallest absolute Gasteiger partial charge is 0.337 e. The van der Waals surface area contributed by atoms with Gasteiger partial charge in [-0.25, -0.2) is 4.79 Å². The van der Waals surface area contributed by atoms with Gasteiger partial charge in [0.05, 0.1) is 5.56 Å². The zero-order valence-electron chi connectivity index (χ0n) is 10.6. The molecule has 0 amide bonds. The van der Waals surface area contributed by atoms with Crippen LogP contribution < -0.4 is 11.1 Å². The standard InChI is InChI=1S/C14H15N3O2/c1-9-4-5-16-7-10(9)8-17-13-3-2-11(15)6-12(13)14(18)19/h2-7,17H,8,15H2,1H3,(H,18,19). The fourth-order valence-corrected chi connectivity index (χ4v) is 1.77. The average molecular weight is 257 g/mol. The number of aryl methyl sites for hydroxylation is 1. The fourth-order valence-electron chi connectivity index (χ4n) is 1.77. The second-order valence-corrected chi connectivity index (χ2v) is 4.27. The summed E-state index contributed by atoms with van der Waals surface area (Å²) < 4.78 is 0. The molecule has 0 aliphatic rings. The van der Waals surface area contributed by atoms with E-state index >= 15 is 0 Å². The van der Waals surface area contributed by atoms with E-state index in [0.29, 0.717) is 17.9 Å². The summed E-state index contributed by atoms with van der Waals surface area (Å²) in [5, 5.41) is 12.2. The maximum Gasteiger partial charge on any atom is 0.337 e. The minimum absolute atomic E-state index is 0.168. The Morgan fingerprint density at radius 2 is 2.21 bits per heavy atom. The largest absolute Gasteiger partial charge is 0.478 e. The molecule has 5 heteroatoms. The molecule has 2 aromatic rings. The van der Waals surface area contributed by atoms with E-state index in [2.05, 4.69) is 10.3 Å². The molecular weight excluding hydrogens is 242 g/mol. The van der Waals surface area contributed by atoms with Gasteiger partial charge in [0.1, 0.15) is 0 Å². The lowest BCUT2D eigenvalue weighted by molar-refractivity contribution is 0.0698. The summed E-state index contributed by atoms with van der Waals surface area (Å²) in [5.41, 5.74) is 8.87. The molecule has 0 aliphatic carbocycles. The quantitative estimate of drug-likeness (QED) is 0.731. The molecule has 0 aliphatic heterocycles. The zero-order chi connectivity index (χ0) is 13.8. The van der Waals surface area contributed by atoms with Crippen molar-refractivity contribution in [2.24, 2.45) is 0 Å². The molecule has 1 heterocycles. The van der Waals surface area contributed by atoms with Crippen molar-refractivity contribution in [2.45, 2.75) is 13.5 Å². The number of anilines is 2. The van der Waals surface area contributed by atoms with Gasteiger partial charge in [-0.3, -0.25) is 4.98 Å². The lowest BCUT2D eigenvalue weighted by atomic mass is 10.1. The van der Waals surface area contributed by atoms with E-state index in [0.717, 1.165) is 11.1 Å². The lowest BCUT2D eigenvalue weighted by Crippen LogP contribution is -2.08. The number of carbonyl (C=O) groups is 1. The van der Waals surface area contributed by atoms with Crippen molar-refractivity contribution < 1.29 is 9.90 Å². The Kier molecular flexibility index (Phi) is 3.66. The molecule has 19 heavy (non-hydrogen) atoms. The van der Waals surface area contributed by atoms with Crippen molar-refractivity contribution in [3.05, 3.63) is 53.3 Å².